The average Bonchev–Trinajstić information content (AvgIpc) is 3.56. The predicted octanol–water partition coefficient (Wildman–Crippen LogP) is 9.06. The molecule has 6 atom stereocenters. The van der Waals surface area contributed by atoms with E-state index in [0.717, 1.165) is 14.0 Å². The number of benzene rings is 4. The molecule has 2 aliphatic carbocycles. The lowest BCUT2D eigenvalue weighted by Gasteiger charge is -2.51. The summed E-state index contributed by atoms with van der Waals surface area (Å²) in [5.74, 6) is -7.62. The Morgan fingerprint density at radius 3 is 2.30 bits per heavy atom. The molecule has 3 heterocycles. The quantitative estimate of drug-likeness (QED) is 0.103. The summed E-state index contributed by atoms with van der Waals surface area (Å²) >= 11 is 14.8. The molecule has 5 aromatic rings. The van der Waals surface area contributed by atoms with Crippen molar-refractivity contribution in [2.24, 2.45) is 23.7 Å². The van der Waals surface area contributed by atoms with Crippen LogP contribution in [0.5, 0.6) is 5.75 Å². The van der Waals surface area contributed by atoms with Gasteiger partial charge in [-0.1, -0.05) is 77.3 Å². The van der Waals surface area contributed by atoms with Crippen LogP contribution in [0.4, 0.5) is 24.7 Å². The van der Waals surface area contributed by atoms with Crippen molar-refractivity contribution in [1.29, 1.82) is 0 Å². The van der Waals surface area contributed by atoms with Gasteiger partial charge < -0.3 is 5.11 Å². The summed E-state index contributed by atoms with van der Waals surface area (Å²) in [6.07, 6.45) is -2.25. The maximum absolute atomic E-state index is 15.5. The molecule has 4 aliphatic rings. The summed E-state index contributed by atoms with van der Waals surface area (Å²) in [6.45, 7) is 0. The standard InChI is InChI=1S/C42H28Cl2F3IN4O5/c43-23-8-6-21(7-9-23)41-30(38(55)52(40(41)57)50-36-31(44)17-22(19-49-36)42(45,46)47)18-29-27(35(41)34-26-4-2-1-3-20(26)5-16-32(34)53)14-15-28-33(29)39(56)51(37(28)54)25-12-10-24(48)11-13-25/h1-14,16-17,19,28-30,33,35,53H,15,18H2,(H,49,50). The van der Waals surface area contributed by atoms with Crippen LogP contribution in [-0.4, -0.2) is 38.7 Å². The molecule has 0 bridgehead atoms. The Labute approximate surface area is 346 Å². The summed E-state index contributed by atoms with van der Waals surface area (Å²) in [7, 11) is 0. The summed E-state index contributed by atoms with van der Waals surface area (Å²) in [5.41, 5.74) is 1.42. The molecule has 2 saturated heterocycles. The molecule has 9 rings (SSSR count). The van der Waals surface area contributed by atoms with Crippen LogP contribution in [0.2, 0.25) is 10.0 Å². The van der Waals surface area contributed by atoms with E-state index < -0.39 is 69.5 Å². The minimum atomic E-state index is -4.76. The molecule has 15 heteroatoms. The maximum atomic E-state index is 15.5. The van der Waals surface area contributed by atoms with Crippen molar-refractivity contribution in [3.8, 4) is 5.75 Å². The van der Waals surface area contributed by atoms with E-state index >= 15 is 9.59 Å². The molecule has 3 fully saturated rings. The smallest absolute Gasteiger partial charge is 0.417 e. The fraction of sp³-hybridized carbons (Fsp3) is 0.214. The third kappa shape index (κ3) is 5.67. The number of aromatic nitrogens is 1. The highest BCUT2D eigenvalue weighted by Crippen LogP contribution is 2.65. The zero-order chi connectivity index (χ0) is 40.1. The number of imide groups is 2. The number of nitrogens with one attached hydrogen (secondary N) is 1. The topological polar surface area (TPSA) is 120 Å². The zero-order valence-corrected chi connectivity index (χ0v) is 33.0. The van der Waals surface area contributed by atoms with E-state index in [1.54, 1.807) is 66.7 Å². The number of rotatable bonds is 5. The molecule has 288 valence electrons. The number of amides is 4. The molecule has 1 aromatic heterocycles. The van der Waals surface area contributed by atoms with E-state index in [4.69, 9.17) is 23.2 Å². The number of phenols is 1. The van der Waals surface area contributed by atoms with Crippen molar-refractivity contribution in [2.45, 2.75) is 30.4 Å². The van der Waals surface area contributed by atoms with Gasteiger partial charge in [0.2, 0.25) is 11.8 Å². The fourth-order valence-electron chi connectivity index (χ4n) is 9.53. The number of alkyl halides is 3. The number of hydrazine groups is 1. The first-order valence-corrected chi connectivity index (χ1v) is 19.7. The summed E-state index contributed by atoms with van der Waals surface area (Å²) < 4.78 is 41.6. The van der Waals surface area contributed by atoms with Crippen molar-refractivity contribution < 1.29 is 37.5 Å². The SMILES string of the molecule is O=C1C2CC3C(=CCC4C(=O)N(c5ccc(I)cc5)C(=O)C43)C(c3c(O)ccc4ccccc34)C2(c2ccc(Cl)cc2)C(=O)N1Nc1ncc(C(F)(F)F)cc1Cl. The van der Waals surface area contributed by atoms with E-state index in [-0.39, 0.29) is 30.3 Å². The van der Waals surface area contributed by atoms with Crippen LogP contribution in [-0.2, 0) is 30.8 Å². The average molecular weight is 924 g/mol. The number of pyridine rings is 1. The number of halogens is 6. The lowest BCUT2D eigenvalue weighted by molar-refractivity contribution is -0.139. The van der Waals surface area contributed by atoms with Crippen molar-refractivity contribution in [3.63, 3.8) is 0 Å². The Balaban J connectivity index is 1.27. The number of carbonyl (C=O) groups is 4. The zero-order valence-electron chi connectivity index (χ0n) is 29.3. The minimum Gasteiger partial charge on any atom is -0.508 e. The van der Waals surface area contributed by atoms with E-state index in [0.29, 0.717) is 45.1 Å². The van der Waals surface area contributed by atoms with Crippen molar-refractivity contribution in [3.05, 3.63) is 139 Å². The second-order valence-electron chi connectivity index (χ2n) is 14.6. The Morgan fingerprint density at radius 1 is 0.877 bits per heavy atom. The molecular weight excluding hydrogens is 895 g/mol. The Morgan fingerprint density at radius 2 is 1.60 bits per heavy atom. The van der Waals surface area contributed by atoms with Crippen LogP contribution in [0, 0.1) is 27.2 Å². The Bertz CT molecular complexity index is 2590. The van der Waals surface area contributed by atoms with Gasteiger partial charge in [0.25, 0.3) is 11.8 Å². The molecular formula is C42H28Cl2F3IN4O5. The van der Waals surface area contributed by atoms with Gasteiger partial charge in [-0.05, 0) is 106 Å². The van der Waals surface area contributed by atoms with Gasteiger partial charge in [-0.3, -0.25) is 29.5 Å². The first-order valence-electron chi connectivity index (χ1n) is 17.9. The summed E-state index contributed by atoms with van der Waals surface area (Å²) in [6, 6.07) is 24.6. The number of nitrogens with zero attached hydrogens (tertiary/aromatic N) is 3. The van der Waals surface area contributed by atoms with Gasteiger partial charge in [0.05, 0.1) is 39.4 Å². The number of fused-ring (bicyclic) bond motifs is 5. The predicted molar refractivity (Wildman–Crippen MR) is 214 cm³/mol. The van der Waals surface area contributed by atoms with Crippen molar-refractivity contribution >= 4 is 91.7 Å². The van der Waals surface area contributed by atoms with Gasteiger partial charge in [-0.15, -0.1) is 0 Å². The van der Waals surface area contributed by atoms with Gasteiger partial charge >= 0.3 is 6.18 Å². The van der Waals surface area contributed by atoms with Gasteiger partial charge in [0.1, 0.15) is 5.75 Å². The molecule has 4 amide bonds. The number of hydrogen-bond donors (Lipinski definition) is 2. The van der Waals surface area contributed by atoms with Crippen molar-refractivity contribution in [1.82, 2.24) is 9.99 Å². The molecule has 6 unspecified atom stereocenters. The highest BCUT2D eigenvalue weighted by atomic mass is 127. The Hall–Kier alpha value is -4.99. The van der Waals surface area contributed by atoms with E-state index in [1.807, 2.05) is 18.2 Å². The van der Waals surface area contributed by atoms with E-state index in [1.165, 1.54) is 11.0 Å². The largest absolute Gasteiger partial charge is 0.508 e. The molecule has 9 nitrogen and oxygen atoms in total. The van der Waals surface area contributed by atoms with Crippen LogP contribution in [0.1, 0.15) is 35.4 Å². The number of hydrogen-bond acceptors (Lipinski definition) is 7. The number of phenolic OH excluding ortho intramolecular Hbond substituents is 1. The van der Waals surface area contributed by atoms with Crippen LogP contribution in [0.3, 0.4) is 0 Å². The molecule has 4 aromatic carbocycles. The van der Waals surface area contributed by atoms with Crippen LogP contribution in [0.25, 0.3) is 10.8 Å². The minimum absolute atomic E-state index is 0.0614. The van der Waals surface area contributed by atoms with Gasteiger partial charge in [-0.25, -0.2) is 4.98 Å². The molecule has 2 N–H and O–H groups in total. The number of aromatic hydroxyl groups is 1. The highest BCUT2D eigenvalue weighted by Gasteiger charge is 2.71. The number of allylic oxidation sites excluding steroid dienone is 2. The highest BCUT2D eigenvalue weighted by molar-refractivity contribution is 14.1. The molecule has 57 heavy (non-hydrogen) atoms. The first-order chi connectivity index (χ1) is 27.2. The van der Waals surface area contributed by atoms with Crippen LogP contribution >= 0.6 is 45.8 Å². The van der Waals surface area contributed by atoms with Gasteiger partial charge in [0, 0.05) is 26.3 Å². The van der Waals surface area contributed by atoms with Crippen LogP contribution in [0.15, 0.2) is 109 Å². The van der Waals surface area contributed by atoms with Gasteiger partial charge in [0.15, 0.2) is 5.82 Å². The molecule has 0 spiro atoms. The third-order valence-corrected chi connectivity index (χ3v) is 13.1. The van der Waals surface area contributed by atoms with E-state index in [9.17, 15) is 27.9 Å². The summed E-state index contributed by atoms with van der Waals surface area (Å²) in [4.78, 5) is 64.3. The Kier molecular flexibility index (Phi) is 8.94. The first kappa shape index (κ1) is 37.6. The van der Waals surface area contributed by atoms with E-state index in [2.05, 4.69) is 33.0 Å². The third-order valence-electron chi connectivity index (χ3n) is 11.9. The monoisotopic (exact) mass is 922 g/mol. The van der Waals surface area contributed by atoms with Gasteiger partial charge in [-0.2, -0.15) is 18.2 Å². The lowest BCUT2D eigenvalue weighted by Crippen LogP contribution is -2.53. The number of anilines is 2. The van der Waals surface area contributed by atoms with Crippen molar-refractivity contribution in [2.75, 3.05) is 10.3 Å². The second kappa shape index (κ2) is 13.6. The lowest BCUT2D eigenvalue weighted by atomic mass is 9.48. The molecule has 1 saturated carbocycles. The molecule has 0 radical (unpaired) electrons. The molecule has 2 aliphatic heterocycles. The fourth-order valence-corrected chi connectivity index (χ4v) is 10.2. The second-order valence-corrected chi connectivity index (χ2v) is 16.7. The normalized spacial score (nSPS) is 25.7. The maximum Gasteiger partial charge on any atom is 0.417 e. The summed E-state index contributed by atoms with van der Waals surface area (Å²) in [5, 5.41) is 13.8. The van der Waals surface area contributed by atoms with Crippen LogP contribution < -0.4 is 10.3 Å². The number of carbonyl (C=O) groups excluding carboxylic acids is 4.